The van der Waals surface area contributed by atoms with E-state index < -0.39 is 0 Å². The second-order valence-electron chi connectivity index (χ2n) is 3.89. The highest BCUT2D eigenvalue weighted by Crippen LogP contribution is 2.27. The lowest BCUT2D eigenvalue weighted by molar-refractivity contribution is -0.120. The second kappa shape index (κ2) is 4.78. The molecule has 0 aliphatic heterocycles. The quantitative estimate of drug-likeness (QED) is 0.756. The van der Waals surface area contributed by atoms with Crippen molar-refractivity contribution in [3.8, 4) is 17.0 Å². The molecule has 5 heteroatoms. The number of ether oxygens (including phenoxy) is 1. The number of rotatable bonds is 4. The fraction of sp³-hybridized carbons (Fsp3) is 0.250. The number of carbonyl (C=O) groups is 1. The minimum Gasteiger partial charge on any atom is -0.428 e. The van der Waals surface area contributed by atoms with E-state index in [-0.39, 0.29) is 6.04 Å². The Morgan fingerprint density at radius 3 is 2.76 bits per heavy atom. The van der Waals surface area contributed by atoms with E-state index in [0.29, 0.717) is 17.9 Å². The van der Waals surface area contributed by atoms with Gasteiger partial charge in [-0.15, -0.1) is 5.10 Å². The maximum Gasteiger partial charge on any atom is 0.298 e. The van der Waals surface area contributed by atoms with Crippen LogP contribution >= 0.6 is 0 Å². The van der Waals surface area contributed by atoms with Gasteiger partial charge in [-0.1, -0.05) is 17.3 Å². The third kappa shape index (κ3) is 2.33. The summed E-state index contributed by atoms with van der Waals surface area (Å²) in [6.07, 6.45) is 1.83. The highest BCUT2D eigenvalue weighted by molar-refractivity contribution is 5.68. The van der Waals surface area contributed by atoms with Gasteiger partial charge in [0.1, 0.15) is 11.4 Å². The Bertz CT molecular complexity index is 520. The summed E-state index contributed by atoms with van der Waals surface area (Å²) in [5, 5.41) is 8.08. The number of hydrogen-bond donors (Lipinski definition) is 0. The molecule has 0 saturated carbocycles. The zero-order valence-corrected chi connectivity index (χ0v) is 9.70. The maximum atomic E-state index is 10.4. The smallest absolute Gasteiger partial charge is 0.298 e. The van der Waals surface area contributed by atoms with Crippen molar-refractivity contribution in [1.82, 2.24) is 15.0 Å². The molecule has 0 saturated heterocycles. The summed E-state index contributed by atoms with van der Waals surface area (Å²) >= 11 is 0. The Morgan fingerprint density at radius 2 is 2.12 bits per heavy atom. The molecule has 0 fully saturated rings. The largest absolute Gasteiger partial charge is 0.428 e. The van der Waals surface area contributed by atoms with Crippen LogP contribution in [0.4, 0.5) is 0 Å². The summed E-state index contributed by atoms with van der Waals surface area (Å²) in [6, 6.07) is 7.47. The number of hydrogen-bond acceptors (Lipinski definition) is 4. The van der Waals surface area contributed by atoms with E-state index in [9.17, 15) is 4.79 Å². The van der Waals surface area contributed by atoms with Gasteiger partial charge in [0, 0.05) is 11.6 Å². The molecule has 0 N–H and O–H groups in total. The van der Waals surface area contributed by atoms with Crippen molar-refractivity contribution in [3.63, 3.8) is 0 Å². The lowest BCUT2D eigenvalue weighted by Gasteiger charge is -2.03. The van der Waals surface area contributed by atoms with Crippen molar-refractivity contribution in [2.45, 2.75) is 19.9 Å². The van der Waals surface area contributed by atoms with Crippen LogP contribution in [0.15, 0.2) is 30.5 Å². The molecule has 5 nitrogen and oxygen atoms in total. The molecular formula is C12H13N3O2. The fourth-order valence-electron chi connectivity index (χ4n) is 1.49. The molecule has 0 atom stereocenters. The molecule has 0 aliphatic rings. The van der Waals surface area contributed by atoms with Crippen molar-refractivity contribution in [2.24, 2.45) is 0 Å². The molecular weight excluding hydrogens is 218 g/mol. The van der Waals surface area contributed by atoms with Gasteiger partial charge in [0.2, 0.25) is 0 Å². The van der Waals surface area contributed by atoms with Gasteiger partial charge < -0.3 is 4.74 Å². The van der Waals surface area contributed by atoms with Gasteiger partial charge in [0.25, 0.3) is 6.47 Å². The van der Waals surface area contributed by atoms with Crippen LogP contribution in [0.2, 0.25) is 0 Å². The fourth-order valence-corrected chi connectivity index (χ4v) is 1.49. The van der Waals surface area contributed by atoms with Crippen LogP contribution in [0.3, 0.4) is 0 Å². The summed E-state index contributed by atoms with van der Waals surface area (Å²) in [7, 11) is 0. The molecule has 0 spiro atoms. The van der Waals surface area contributed by atoms with E-state index >= 15 is 0 Å². The topological polar surface area (TPSA) is 57.0 Å². The molecule has 88 valence electrons. The van der Waals surface area contributed by atoms with Crippen molar-refractivity contribution < 1.29 is 9.53 Å². The van der Waals surface area contributed by atoms with E-state index in [0.717, 1.165) is 5.56 Å². The molecule has 1 aromatic carbocycles. The Labute approximate surface area is 99.0 Å². The summed E-state index contributed by atoms with van der Waals surface area (Å²) in [6.45, 7) is 4.45. The van der Waals surface area contributed by atoms with Gasteiger partial charge >= 0.3 is 0 Å². The predicted octanol–water partition coefficient (Wildman–Crippen LogP) is 2.06. The normalized spacial score (nSPS) is 10.5. The molecule has 1 heterocycles. The van der Waals surface area contributed by atoms with Gasteiger partial charge in [-0.3, -0.25) is 4.79 Å². The standard InChI is InChI=1S/C12H13N3O2/c1-9(2)15-7-11(13-14-15)10-5-3-4-6-12(10)17-8-16/h3-9H,1-2H3. The molecule has 0 radical (unpaired) electrons. The first kappa shape index (κ1) is 11.3. The first-order valence-electron chi connectivity index (χ1n) is 5.34. The summed E-state index contributed by atoms with van der Waals surface area (Å²) in [4.78, 5) is 10.4. The molecule has 2 aromatic rings. The predicted molar refractivity (Wildman–Crippen MR) is 62.5 cm³/mol. The Kier molecular flexibility index (Phi) is 3.18. The lowest BCUT2D eigenvalue weighted by atomic mass is 10.1. The Hall–Kier alpha value is -2.17. The zero-order chi connectivity index (χ0) is 12.3. The second-order valence-corrected chi connectivity index (χ2v) is 3.89. The first-order valence-corrected chi connectivity index (χ1v) is 5.34. The maximum absolute atomic E-state index is 10.4. The van der Waals surface area contributed by atoms with Gasteiger partial charge in [-0.05, 0) is 26.0 Å². The first-order chi connectivity index (χ1) is 8.22. The van der Waals surface area contributed by atoms with Gasteiger partial charge in [0.15, 0.2) is 0 Å². The van der Waals surface area contributed by atoms with Crippen LogP contribution in [0.5, 0.6) is 5.75 Å². The van der Waals surface area contributed by atoms with Crippen molar-refractivity contribution >= 4 is 6.47 Å². The SMILES string of the molecule is CC(C)n1cc(-c2ccccc2OC=O)nn1. The van der Waals surface area contributed by atoms with E-state index in [1.54, 1.807) is 16.8 Å². The number of benzene rings is 1. The molecule has 17 heavy (non-hydrogen) atoms. The Morgan fingerprint density at radius 1 is 1.35 bits per heavy atom. The van der Waals surface area contributed by atoms with Crippen LogP contribution in [-0.4, -0.2) is 21.5 Å². The summed E-state index contributed by atoms with van der Waals surface area (Å²) in [5.41, 5.74) is 1.45. The highest BCUT2D eigenvalue weighted by Gasteiger charge is 2.10. The molecule has 2 rings (SSSR count). The van der Waals surface area contributed by atoms with E-state index in [1.165, 1.54) is 0 Å². The number of carbonyl (C=O) groups excluding carboxylic acids is 1. The lowest BCUT2D eigenvalue weighted by Crippen LogP contribution is -2.00. The van der Waals surface area contributed by atoms with Crippen molar-refractivity contribution in [1.29, 1.82) is 0 Å². The minimum atomic E-state index is 0.246. The summed E-state index contributed by atoms with van der Waals surface area (Å²) < 4.78 is 6.66. The van der Waals surface area contributed by atoms with E-state index in [1.807, 2.05) is 32.2 Å². The van der Waals surface area contributed by atoms with E-state index in [2.05, 4.69) is 10.3 Å². The number of nitrogens with zero attached hydrogens (tertiary/aromatic N) is 3. The van der Waals surface area contributed by atoms with Crippen LogP contribution in [0.1, 0.15) is 19.9 Å². The van der Waals surface area contributed by atoms with Crippen molar-refractivity contribution in [3.05, 3.63) is 30.5 Å². The van der Waals surface area contributed by atoms with Crippen molar-refractivity contribution in [2.75, 3.05) is 0 Å². The minimum absolute atomic E-state index is 0.246. The monoisotopic (exact) mass is 231 g/mol. The number of para-hydroxylation sites is 1. The average molecular weight is 231 g/mol. The van der Waals surface area contributed by atoms with Gasteiger partial charge in [-0.25, -0.2) is 4.68 Å². The number of aromatic nitrogens is 3. The van der Waals surface area contributed by atoms with Gasteiger partial charge in [0.05, 0.1) is 6.20 Å². The van der Waals surface area contributed by atoms with Crippen LogP contribution < -0.4 is 4.74 Å². The third-order valence-electron chi connectivity index (χ3n) is 2.38. The van der Waals surface area contributed by atoms with Gasteiger partial charge in [-0.2, -0.15) is 0 Å². The molecule has 1 aromatic heterocycles. The highest BCUT2D eigenvalue weighted by atomic mass is 16.5. The molecule has 0 amide bonds. The Balaban J connectivity index is 2.41. The summed E-state index contributed by atoms with van der Waals surface area (Å²) in [5.74, 6) is 0.485. The molecule has 0 aliphatic carbocycles. The average Bonchev–Trinajstić information content (AvgIpc) is 2.79. The van der Waals surface area contributed by atoms with Crippen LogP contribution in [0.25, 0.3) is 11.3 Å². The third-order valence-corrected chi connectivity index (χ3v) is 2.38. The van der Waals surface area contributed by atoms with Crippen LogP contribution in [0, 0.1) is 0 Å². The molecule has 0 unspecified atom stereocenters. The molecule has 0 bridgehead atoms. The zero-order valence-electron chi connectivity index (χ0n) is 9.70. The van der Waals surface area contributed by atoms with Crippen LogP contribution in [-0.2, 0) is 4.79 Å². The van der Waals surface area contributed by atoms with E-state index in [4.69, 9.17) is 4.74 Å².